The summed E-state index contributed by atoms with van der Waals surface area (Å²) in [6, 6.07) is 8.34. The maximum atomic E-state index is 13.0. The Kier molecular flexibility index (Phi) is 5.07. The van der Waals surface area contributed by atoms with E-state index in [1.165, 1.54) is 21.7 Å². The predicted molar refractivity (Wildman–Crippen MR) is 101 cm³/mol. The predicted octanol–water partition coefficient (Wildman–Crippen LogP) is 2.06. The van der Waals surface area contributed by atoms with Crippen LogP contribution in [0.1, 0.15) is 16.1 Å². The second kappa shape index (κ2) is 7.49. The fourth-order valence-corrected chi connectivity index (χ4v) is 5.27. The van der Waals surface area contributed by atoms with Crippen LogP contribution < -0.4 is 9.47 Å². The molecule has 1 aromatic carbocycles. The SMILES string of the molecule is O=C(c1cccs1)N1CCN(S(=O)(=O)c2ccc3c(c2)OCCCO3)CC1. The molecule has 0 saturated carbocycles. The van der Waals surface area contributed by atoms with Crippen molar-refractivity contribution in [2.45, 2.75) is 11.3 Å². The van der Waals surface area contributed by atoms with Crippen molar-refractivity contribution in [2.24, 2.45) is 0 Å². The highest BCUT2D eigenvalue weighted by Gasteiger charge is 2.31. The van der Waals surface area contributed by atoms with Crippen LogP contribution in [0.3, 0.4) is 0 Å². The van der Waals surface area contributed by atoms with Crippen LogP contribution in [-0.2, 0) is 10.0 Å². The Morgan fingerprint density at radius 2 is 1.74 bits per heavy atom. The lowest BCUT2D eigenvalue weighted by molar-refractivity contribution is 0.0703. The standard InChI is InChI=1S/C18H20N2O5S2/c21-18(17-3-1-12-26-17)19-6-8-20(9-7-19)27(22,23)14-4-5-15-16(13-14)25-11-2-10-24-15/h1,3-5,12-13H,2,6-11H2. The number of hydrogen-bond acceptors (Lipinski definition) is 6. The maximum Gasteiger partial charge on any atom is 0.264 e. The normalized spacial score (nSPS) is 18.1. The fraction of sp³-hybridized carbons (Fsp3) is 0.389. The molecule has 3 heterocycles. The topological polar surface area (TPSA) is 76.2 Å². The number of fused-ring (bicyclic) bond motifs is 1. The molecule has 2 aliphatic rings. The highest BCUT2D eigenvalue weighted by molar-refractivity contribution is 7.89. The number of rotatable bonds is 3. The van der Waals surface area contributed by atoms with Crippen molar-refractivity contribution in [3.8, 4) is 11.5 Å². The van der Waals surface area contributed by atoms with Gasteiger partial charge in [0.1, 0.15) is 0 Å². The first-order chi connectivity index (χ1) is 13.1. The van der Waals surface area contributed by atoms with Gasteiger partial charge in [-0.2, -0.15) is 4.31 Å². The van der Waals surface area contributed by atoms with Gasteiger partial charge in [0.15, 0.2) is 11.5 Å². The number of thiophene rings is 1. The van der Waals surface area contributed by atoms with Gasteiger partial charge in [0, 0.05) is 38.7 Å². The molecule has 0 atom stereocenters. The third-order valence-corrected chi connectivity index (χ3v) is 7.37. The number of sulfonamides is 1. The molecule has 1 aromatic heterocycles. The van der Waals surface area contributed by atoms with E-state index >= 15 is 0 Å². The summed E-state index contributed by atoms with van der Waals surface area (Å²) in [5.74, 6) is 0.982. The largest absolute Gasteiger partial charge is 0.490 e. The first-order valence-electron chi connectivity index (χ1n) is 8.78. The van der Waals surface area contributed by atoms with Crippen molar-refractivity contribution in [1.82, 2.24) is 9.21 Å². The molecule has 0 aliphatic carbocycles. The van der Waals surface area contributed by atoms with E-state index in [1.54, 1.807) is 23.1 Å². The lowest BCUT2D eigenvalue weighted by Crippen LogP contribution is -2.50. The molecule has 0 bridgehead atoms. The molecule has 1 fully saturated rings. The zero-order valence-corrected chi connectivity index (χ0v) is 16.3. The van der Waals surface area contributed by atoms with Gasteiger partial charge in [-0.25, -0.2) is 8.42 Å². The van der Waals surface area contributed by atoms with Crippen LogP contribution in [0, 0.1) is 0 Å². The first kappa shape index (κ1) is 18.3. The summed E-state index contributed by atoms with van der Waals surface area (Å²) in [4.78, 5) is 15.0. The van der Waals surface area contributed by atoms with Crippen LogP contribution in [0.5, 0.6) is 11.5 Å². The van der Waals surface area contributed by atoms with E-state index in [4.69, 9.17) is 9.47 Å². The molecule has 0 unspecified atom stereocenters. The summed E-state index contributed by atoms with van der Waals surface area (Å²) >= 11 is 1.39. The smallest absolute Gasteiger partial charge is 0.264 e. The van der Waals surface area contributed by atoms with Crippen LogP contribution in [0.25, 0.3) is 0 Å². The highest BCUT2D eigenvalue weighted by atomic mass is 32.2. The molecule has 4 rings (SSSR count). The third-order valence-electron chi connectivity index (χ3n) is 4.61. The molecule has 27 heavy (non-hydrogen) atoms. The van der Waals surface area contributed by atoms with Crippen LogP contribution in [-0.4, -0.2) is 62.9 Å². The minimum absolute atomic E-state index is 0.0439. The number of nitrogens with zero attached hydrogens (tertiary/aromatic N) is 2. The first-order valence-corrected chi connectivity index (χ1v) is 11.1. The molecule has 2 aromatic rings. The van der Waals surface area contributed by atoms with E-state index in [1.807, 2.05) is 11.4 Å². The van der Waals surface area contributed by atoms with Crippen molar-refractivity contribution >= 4 is 27.3 Å². The van der Waals surface area contributed by atoms with Gasteiger partial charge in [-0.1, -0.05) is 6.07 Å². The Labute approximate surface area is 162 Å². The van der Waals surface area contributed by atoms with Gasteiger partial charge in [0.05, 0.1) is 23.0 Å². The average molecular weight is 409 g/mol. The molecule has 7 nitrogen and oxygen atoms in total. The minimum atomic E-state index is -3.65. The molecule has 0 radical (unpaired) electrons. The summed E-state index contributed by atoms with van der Waals surface area (Å²) in [5.41, 5.74) is 0. The van der Waals surface area contributed by atoms with Gasteiger partial charge >= 0.3 is 0 Å². The number of amides is 1. The molecule has 0 spiro atoms. The van der Waals surface area contributed by atoms with Gasteiger partial charge in [-0.05, 0) is 23.6 Å². The Morgan fingerprint density at radius 1 is 1.00 bits per heavy atom. The monoisotopic (exact) mass is 408 g/mol. The van der Waals surface area contributed by atoms with Crippen molar-refractivity contribution in [3.05, 3.63) is 40.6 Å². The molecular weight excluding hydrogens is 388 g/mol. The van der Waals surface area contributed by atoms with Crippen LogP contribution >= 0.6 is 11.3 Å². The van der Waals surface area contributed by atoms with Gasteiger partial charge in [-0.3, -0.25) is 4.79 Å². The summed E-state index contributed by atoms with van der Waals surface area (Å²) < 4.78 is 38.6. The molecular formula is C18H20N2O5S2. The van der Waals surface area contributed by atoms with E-state index in [9.17, 15) is 13.2 Å². The quantitative estimate of drug-likeness (QED) is 0.777. The number of benzene rings is 1. The van der Waals surface area contributed by atoms with Crippen molar-refractivity contribution < 1.29 is 22.7 Å². The van der Waals surface area contributed by atoms with Gasteiger partial charge < -0.3 is 14.4 Å². The molecule has 2 aliphatic heterocycles. The van der Waals surface area contributed by atoms with Gasteiger partial charge in [-0.15, -0.1) is 11.3 Å². The maximum absolute atomic E-state index is 13.0. The number of carbonyl (C=O) groups is 1. The number of hydrogen-bond donors (Lipinski definition) is 0. The van der Waals surface area contributed by atoms with Crippen LogP contribution in [0.2, 0.25) is 0 Å². The summed E-state index contributed by atoms with van der Waals surface area (Å²) in [6.07, 6.45) is 0.761. The highest BCUT2D eigenvalue weighted by Crippen LogP contribution is 2.33. The molecule has 0 N–H and O–H groups in total. The number of carbonyl (C=O) groups excluding carboxylic acids is 1. The van der Waals surface area contributed by atoms with E-state index in [-0.39, 0.29) is 23.9 Å². The number of ether oxygens (including phenoxy) is 2. The minimum Gasteiger partial charge on any atom is -0.490 e. The van der Waals surface area contributed by atoms with Crippen LogP contribution in [0.4, 0.5) is 0 Å². The molecule has 1 amide bonds. The van der Waals surface area contributed by atoms with E-state index in [0.29, 0.717) is 42.7 Å². The Morgan fingerprint density at radius 3 is 2.44 bits per heavy atom. The lowest BCUT2D eigenvalue weighted by Gasteiger charge is -2.33. The fourth-order valence-electron chi connectivity index (χ4n) is 3.14. The van der Waals surface area contributed by atoms with Gasteiger partial charge in [0.2, 0.25) is 10.0 Å². The second-order valence-electron chi connectivity index (χ2n) is 6.33. The zero-order chi connectivity index (χ0) is 18.9. The molecule has 9 heteroatoms. The molecule has 1 saturated heterocycles. The third kappa shape index (κ3) is 3.67. The van der Waals surface area contributed by atoms with Gasteiger partial charge in [0.25, 0.3) is 5.91 Å². The van der Waals surface area contributed by atoms with Crippen molar-refractivity contribution in [2.75, 3.05) is 39.4 Å². The van der Waals surface area contributed by atoms with E-state index in [2.05, 4.69) is 0 Å². The lowest BCUT2D eigenvalue weighted by atomic mass is 10.3. The summed E-state index contributed by atoms with van der Waals surface area (Å²) in [5, 5.41) is 1.86. The number of piperazine rings is 1. The average Bonchev–Trinajstić information content (AvgIpc) is 3.12. The van der Waals surface area contributed by atoms with Crippen LogP contribution in [0.15, 0.2) is 40.6 Å². The Balaban J connectivity index is 1.47. The van der Waals surface area contributed by atoms with Crippen molar-refractivity contribution in [1.29, 1.82) is 0 Å². The molecule has 144 valence electrons. The Bertz CT molecular complexity index is 919. The second-order valence-corrected chi connectivity index (χ2v) is 9.22. The summed E-state index contributed by atoms with van der Waals surface area (Å²) in [7, 11) is -3.65. The van der Waals surface area contributed by atoms with E-state index in [0.717, 1.165) is 6.42 Å². The van der Waals surface area contributed by atoms with E-state index < -0.39 is 10.0 Å². The Hall–Kier alpha value is -2.10. The van der Waals surface area contributed by atoms with Crippen molar-refractivity contribution in [3.63, 3.8) is 0 Å². The zero-order valence-electron chi connectivity index (χ0n) is 14.7. The summed E-state index contributed by atoms with van der Waals surface area (Å²) in [6.45, 7) is 2.35.